The van der Waals surface area contributed by atoms with Gasteiger partial charge in [0, 0.05) is 19.4 Å². The van der Waals surface area contributed by atoms with Gasteiger partial charge in [-0.1, -0.05) is 30.3 Å². The highest BCUT2D eigenvalue weighted by molar-refractivity contribution is 5.78. The fourth-order valence-corrected chi connectivity index (χ4v) is 4.07. The molecule has 1 aliphatic heterocycles. The standard InChI is InChI=1S/C21H28N4O/c1-24-14-11-22-21(24)20(18-7-8-18)23-19(26)15-25-12-9-17(10-13-25)16-5-3-2-4-6-16/h2-6,11,14,17-18,20H,7-10,12-13,15H2,1H3,(H,23,26)/t20-/m1/s1. The Bertz CT molecular complexity index is 729. The lowest BCUT2D eigenvalue weighted by molar-refractivity contribution is -0.123. The lowest BCUT2D eigenvalue weighted by Gasteiger charge is -2.32. The summed E-state index contributed by atoms with van der Waals surface area (Å²) in [7, 11) is 2.00. The summed E-state index contributed by atoms with van der Waals surface area (Å²) >= 11 is 0. The summed E-state index contributed by atoms with van der Waals surface area (Å²) in [6.07, 6.45) is 8.38. The molecule has 5 heteroatoms. The number of amides is 1. The molecule has 2 aromatic rings. The van der Waals surface area contributed by atoms with Gasteiger partial charge in [-0.05, 0) is 56.2 Å². The zero-order chi connectivity index (χ0) is 17.9. The fraction of sp³-hybridized carbons (Fsp3) is 0.524. The van der Waals surface area contributed by atoms with E-state index in [0.717, 1.165) is 31.8 Å². The molecular formula is C21H28N4O. The number of rotatable bonds is 6. The highest BCUT2D eigenvalue weighted by Gasteiger charge is 2.36. The van der Waals surface area contributed by atoms with Crippen LogP contribution in [-0.4, -0.2) is 40.0 Å². The van der Waals surface area contributed by atoms with Crippen molar-refractivity contribution in [1.82, 2.24) is 19.8 Å². The normalized spacial score (nSPS) is 20.0. The van der Waals surface area contributed by atoms with Crippen LogP contribution in [0.25, 0.3) is 0 Å². The highest BCUT2D eigenvalue weighted by Crippen LogP contribution is 2.40. The summed E-state index contributed by atoms with van der Waals surface area (Å²) < 4.78 is 2.02. The van der Waals surface area contributed by atoms with Crippen molar-refractivity contribution in [1.29, 1.82) is 0 Å². The second kappa shape index (κ2) is 7.62. The van der Waals surface area contributed by atoms with Gasteiger partial charge in [-0.25, -0.2) is 4.98 Å². The van der Waals surface area contributed by atoms with Gasteiger partial charge in [-0.3, -0.25) is 9.69 Å². The van der Waals surface area contributed by atoms with Crippen molar-refractivity contribution in [3.8, 4) is 0 Å². The summed E-state index contributed by atoms with van der Waals surface area (Å²) in [5.74, 6) is 2.28. The second-order valence-corrected chi connectivity index (χ2v) is 7.74. The van der Waals surface area contributed by atoms with E-state index < -0.39 is 0 Å². The van der Waals surface area contributed by atoms with Gasteiger partial charge < -0.3 is 9.88 Å². The van der Waals surface area contributed by atoms with Crippen molar-refractivity contribution in [2.24, 2.45) is 13.0 Å². The topological polar surface area (TPSA) is 50.2 Å². The molecule has 2 fully saturated rings. The van der Waals surface area contributed by atoms with Crippen molar-refractivity contribution < 1.29 is 4.79 Å². The minimum absolute atomic E-state index is 0.0596. The van der Waals surface area contributed by atoms with Crippen molar-refractivity contribution in [3.63, 3.8) is 0 Å². The molecule has 138 valence electrons. The van der Waals surface area contributed by atoms with E-state index in [9.17, 15) is 4.79 Å². The van der Waals surface area contributed by atoms with Crippen LogP contribution in [0.15, 0.2) is 42.7 Å². The van der Waals surface area contributed by atoms with E-state index in [2.05, 4.69) is 45.5 Å². The minimum Gasteiger partial charge on any atom is -0.345 e. The Balaban J connectivity index is 1.29. The SMILES string of the molecule is Cn1ccnc1[C@H](NC(=O)CN1CCC(c2ccccc2)CC1)C1CC1. The lowest BCUT2D eigenvalue weighted by atomic mass is 9.89. The number of likely N-dealkylation sites (tertiary alicyclic amines) is 1. The molecule has 1 amide bonds. The third-order valence-electron chi connectivity index (χ3n) is 5.77. The predicted molar refractivity (Wildman–Crippen MR) is 102 cm³/mol. The van der Waals surface area contributed by atoms with Crippen LogP contribution in [0.4, 0.5) is 0 Å². The lowest BCUT2D eigenvalue weighted by Crippen LogP contribution is -2.43. The van der Waals surface area contributed by atoms with Gasteiger partial charge in [0.05, 0.1) is 12.6 Å². The van der Waals surface area contributed by atoms with E-state index in [1.54, 1.807) is 0 Å². The van der Waals surface area contributed by atoms with Crippen LogP contribution in [0.5, 0.6) is 0 Å². The molecule has 1 aromatic heterocycles. The van der Waals surface area contributed by atoms with Gasteiger partial charge in [0.25, 0.3) is 0 Å². The summed E-state index contributed by atoms with van der Waals surface area (Å²) in [5, 5.41) is 3.25. The monoisotopic (exact) mass is 352 g/mol. The number of aromatic nitrogens is 2. The molecule has 1 N–H and O–H groups in total. The zero-order valence-electron chi connectivity index (χ0n) is 15.5. The maximum Gasteiger partial charge on any atom is 0.234 e. The minimum atomic E-state index is 0.0596. The van der Waals surface area contributed by atoms with Crippen molar-refractivity contribution in [3.05, 3.63) is 54.1 Å². The van der Waals surface area contributed by atoms with Crippen molar-refractivity contribution in [2.45, 2.75) is 37.6 Å². The molecule has 0 bridgehead atoms. The number of benzene rings is 1. The van der Waals surface area contributed by atoms with E-state index in [0.29, 0.717) is 18.4 Å². The molecule has 1 aliphatic carbocycles. The van der Waals surface area contributed by atoms with Gasteiger partial charge in [-0.2, -0.15) is 0 Å². The molecule has 1 saturated heterocycles. The molecular weight excluding hydrogens is 324 g/mol. The van der Waals surface area contributed by atoms with Gasteiger partial charge in [-0.15, -0.1) is 0 Å². The van der Waals surface area contributed by atoms with Crippen LogP contribution in [0.3, 0.4) is 0 Å². The number of nitrogens with one attached hydrogen (secondary N) is 1. The first-order valence-corrected chi connectivity index (χ1v) is 9.74. The van der Waals surface area contributed by atoms with E-state index in [-0.39, 0.29) is 11.9 Å². The average Bonchev–Trinajstić information content (AvgIpc) is 3.42. The molecule has 2 aliphatic rings. The van der Waals surface area contributed by atoms with E-state index in [1.807, 2.05) is 24.0 Å². The maximum absolute atomic E-state index is 12.6. The summed E-state index contributed by atoms with van der Waals surface area (Å²) in [4.78, 5) is 19.4. The Hall–Kier alpha value is -2.14. The third-order valence-corrected chi connectivity index (χ3v) is 5.77. The number of carbonyl (C=O) groups excluding carboxylic acids is 1. The molecule has 1 aromatic carbocycles. The highest BCUT2D eigenvalue weighted by atomic mass is 16.2. The first kappa shape index (κ1) is 17.3. The first-order chi connectivity index (χ1) is 12.7. The number of hydrogen-bond acceptors (Lipinski definition) is 3. The maximum atomic E-state index is 12.6. The molecule has 0 spiro atoms. The van der Waals surface area contributed by atoms with Crippen LogP contribution in [0.1, 0.15) is 49.0 Å². The number of imidazole rings is 1. The summed E-state index contributed by atoms with van der Waals surface area (Å²) in [5.41, 5.74) is 1.43. The number of carbonyl (C=O) groups is 1. The van der Waals surface area contributed by atoms with Crippen molar-refractivity contribution in [2.75, 3.05) is 19.6 Å². The van der Waals surface area contributed by atoms with Crippen molar-refractivity contribution >= 4 is 5.91 Å². The Morgan fingerprint density at radius 3 is 2.54 bits per heavy atom. The van der Waals surface area contributed by atoms with E-state index >= 15 is 0 Å². The van der Waals surface area contributed by atoms with Crippen LogP contribution >= 0.6 is 0 Å². The smallest absolute Gasteiger partial charge is 0.234 e. The number of nitrogens with zero attached hydrogens (tertiary/aromatic N) is 3. The zero-order valence-corrected chi connectivity index (χ0v) is 15.5. The van der Waals surface area contributed by atoms with Gasteiger partial charge in [0.1, 0.15) is 5.82 Å². The van der Waals surface area contributed by atoms with Crippen LogP contribution in [0, 0.1) is 5.92 Å². The Morgan fingerprint density at radius 2 is 1.92 bits per heavy atom. The summed E-state index contributed by atoms with van der Waals surface area (Å²) in [6, 6.07) is 10.8. The predicted octanol–water partition coefficient (Wildman–Crippen LogP) is 2.87. The summed E-state index contributed by atoms with van der Waals surface area (Å²) in [6.45, 7) is 2.47. The van der Waals surface area contributed by atoms with Gasteiger partial charge in [0.2, 0.25) is 5.91 Å². The largest absolute Gasteiger partial charge is 0.345 e. The molecule has 2 heterocycles. The Morgan fingerprint density at radius 1 is 1.19 bits per heavy atom. The van der Waals surface area contributed by atoms with E-state index in [4.69, 9.17) is 0 Å². The van der Waals surface area contributed by atoms with E-state index in [1.165, 1.54) is 18.4 Å². The van der Waals surface area contributed by atoms with Crippen LogP contribution in [0.2, 0.25) is 0 Å². The molecule has 0 unspecified atom stereocenters. The quantitative estimate of drug-likeness (QED) is 0.870. The number of piperidine rings is 1. The molecule has 0 radical (unpaired) electrons. The Labute approximate surface area is 155 Å². The molecule has 1 saturated carbocycles. The van der Waals surface area contributed by atoms with Gasteiger partial charge in [0.15, 0.2) is 0 Å². The second-order valence-electron chi connectivity index (χ2n) is 7.74. The Kier molecular flexibility index (Phi) is 5.07. The first-order valence-electron chi connectivity index (χ1n) is 9.74. The fourth-order valence-electron chi connectivity index (χ4n) is 4.07. The molecule has 1 atom stereocenters. The number of aryl methyl sites for hydroxylation is 1. The van der Waals surface area contributed by atoms with Gasteiger partial charge >= 0.3 is 0 Å². The van der Waals surface area contributed by atoms with Crippen LogP contribution < -0.4 is 5.32 Å². The molecule has 26 heavy (non-hydrogen) atoms. The average molecular weight is 352 g/mol. The number of hydrogen-bond donors (Lipinski definition) is 1. The molecule has 4 rings (SSSR count). The molecule has 5 nitrogen and oxygen atoms in total. The third kappa shape index (κ3) is 3.98. The van der Waals surface area contributed by atoms with Crippen LogP contribution in [-0.2, 0) is 11.8 Å².